The quantitative estimate of drug-likeness (QED) is 0.102. The summed E-state index contributed by atoms with van der Waals surface area (Å²) in [4.78, 5) is 24.6. The van der Waals surface area contributed by atoms with Crippen molar-refractivity contribution >= 4 is 36.2 Å². The molecule has 0 amide bonds. The monoisotopic (exact) mass is 558 g/mol. The Hall–Kier alpha value is -4.70. The smallest absolute Gasteiger partial charge is 0.418 e. The first kappa shape index (κ1) is 30.3. The van der Waals surface area contributed by atoms with Crippen molar-refractivity contribution in [1.82, 2.24) is 0 Å². The van der Waals surface area contributed by atoms with Crippen LogP contribution in [0.3, 0.4) is 0 Å². The number of carbonyl (C=O) groups is 2. The molecule has 4 aromatic carbocycles. The first-order chi connectivity index (χ1) is 19.9. The number of hydrogen-bond donors (Lipinski definition) is 0. The molecule has 0 aromatic heterocycles. The zero-order valence-electron chi connectivity index (χ0n) is 25.2. The maximum Gasteiger partial charge on any atom is 0.423 e. The highest BCUT2D eigenvalue weighted by molar-refractivity contribution is 6.31. The van der Waals surface area contributed by atoms with E-state index in [1.807, 2.05) is 48.6 Å². The fourth-order valence-electron chi connectivity index (χ4n) is 4.16. The van der Waals surface area contributed by atoms with Crippen LogP contribution < -0.4 is 9.47 Å². The van der Waals surface area contributed by atoms with Crippen LogP contribution in [0.15, 0.2) is 97.1 Å². The molecule has 4 rings (SSSR count). The molecule has 4 nitrogen and oxygen atoms in total. The highest BCUT2D eigenvalue weighted by atomic mass is 16.6. The highest BCUT2D eigenvalue weighted by Gasteiger charge is 2.19. The zero-order chi connectivity index (χ0) is 30.3. The molecule has 0 aliphatic carbocycles. The van der Waals surface area contributed by atoms with Crippen LogP contribution in [-0.2, 0) is 20.4 Å². The molecular formula is C38H38O4. The fraction of sp³-hybridized carbons (Fsp3) is 0.211. The van der Waals surface area contributed by atoms with E-state index in [-0.39, 0.29) is 22.3 Å². The average Bonchev–Trinajstić information content (AvgIpc) is 2.96. The van der Waals surface area contributed by atoms with Gasteiger partial charge in [-0.1, -0.05) is 139 Å². The lowest BCUT2D eigenvalue weighted by molar-refractivity contribution is -0.156. The normalized spacial score (nSPS) is 12.0. The Morgan fingerprint density at radius 2 is 0.667 bits per heavy atom. The summed E-state index contributed by atoms with van der Waals surface area (Å²) in [7, 11) is 0. The Labute approximate surface area is 249 Å². The Morgan fingerprint density at radius 3 is 0.905 bits per heavy atom. The second-order valence-corrected chi connectivity index (χ2v) is 12.3. The summed E-state index contributed by atoms with van der Waals surface area (Å²) in [6.07, 6.45) is 8.01. The van der Waals surface area contributed by atoms with E-state index in [0.29, 0.717) is 0 Å². The van der Waals surface area contributed by atoms with E-state index < -0.39 is 11.9 Å². The number of benzene rings is 4. The lowest BCUT2D eigenvalue weighted by Crippen LogP contribution is -2.25. The van der Waals surface area contributed by atoms with Gasteiger partial charge in [-0.05, 0) is 68.5 Å². The van der Waals surface area contributed by atoms with Crippen molar-refractivity contribution in [3.8, 4) is 11.5 Å². The van der Waals surface area contributed by atoms with Gasteiger partial charge in [0.25, 0.3) is 0 Å². The van der Waals surface area contributed by atoms with E-state index in [0.717, 1.165) is 22.3 Å². The predicted octanol–water partition coefficient (Wildman–Crippen LogP) is 9.13. The summed E-state index contributed by atoms with van der Waals surface area (Å²) >= 11 is 0. The van der Waals surface area contributed by atoms with Gasteiger partial charge in [0.2, 0.25) is 0 Å². The number of ether oxygens (including phenoxy) is 2. The highest BCUT2D eigenvalue weighted by Crippen LogP contribution is 2.24. The maximum atomic E-state index is 12.3. The molecule has 42 heavy (non-hydrogen) atoms. The van der Waals surface area contributed by atoms with Crippen molar-refractivity contribution in [2.45, 2.75) is 52.4 Å². The van der Waals surface area contributed by atoms with Crippen LogP contribution in [0, 0.1) is 0 Å². The van der Waals surface area contributed by atoms with Gasteiger partial charge < -0.3 is 9.47 Å². The summed E-state index contributed by atoms with van der Waals surface area (Å²) in [6, 6.07) is 30.8. The Morgan fingerprint density at radius 1 is 0.429 bits per heavy atom. The summed E-state index contributed by atoms with van der Waals surface area (Å²) < 4.78 is 10.4. The molecule has 0 radical (unpaired) electrons. The van der Waals surface area contributed by atoms with Crippen molar-refractivity contribution in [2.75, 3.05) is 0 Å². The van der Waals surface area contributed by atoms with Crippen LogP contribution in [0.4, 0.5) is 0 Å². The van der Waals surface area contributed by atoms with E-state index >= 15 is 0 Å². The molecule has 0 atom stereocenters. The van der Waals surface area contributed by atoms with Crippen molar-refractivity contribution in [3.63, 3.8) is 0 Å². The van der Waals surface area contributed by atoms with Crippen molar-refractivity contribution < 1.29 is 19.1 Å². The number of esters is 2. The van der Waals surface area contributed by atoms with Crippen molar-refractivity contribution in [2.24, 2.45) is 0 Å². The third kappa shape index (κ3) is 8.65. The van der Waals surface area contributed by atoms with Gasteiger partial charge in [-0.25, -0.2) is 9.59 Å². The molecule has 0 fully saturated rings. The first-order valence-corrected chi connectivity index (χ1v) is 14.1. The minimum atomic E-state index is -1.08. The van der Waals surface area contributed by atoms with Gasteiger partial charge in [0.15, 0.2) is 0 Å². The molecule has 214 valence electrons. The first-order valence-electron chi connectivity index (χ1n) is 14.1. The molecule has 0 aliphatic heterocycles. The molecule has 0 N–H and O–H groups in total. The minimum Gasteiger partial charge on any atom is -0.418 e. The van der Waals surface area contributed by atoms with E-state index in [2.05, 4.69) is 90.1 Å². The van der Waals surface area contributed by atoms with Gasteiger partial charge in [0.1, 0.15) is 11.5 Å². The molecule has 0 saturated carbocycles. The average molecular weight is 559 g/mol. The van der Waals surface area contributed by atoms with E-state index in [4.69, 9.17) is 9.47 Å². The predicted molar refractivity (Wildman–Crippen MR) is 172 cm³/mol. The molecule has 4 aromatic rings. The summed E-state index contributed by atoms with van der Waals surface area (Å²) in [5, 5.41) is 0. The Bertz CT molecular complexity index is 1440. The van der Waals surface area contributed by atoms with Crippen LogP contribution in [-0.4, -0.2) is 11.9 Å². The van der Waals surface area contributed by atoms with Gasteiger partial charge >= 0.3 is 11.9 Å². The molecule has 0 aliphatic rings. The summed E-state index contributed by atoms with van der Waals surface area (Å²) in [6.45, 7) is 13.1. The third-order valence-corrected chi connectivity index (χ3v) is 6.84. The number of carbonyl (C=O) groups excluding carboxylic acids is 2. The Balaban J connectivity index is 1.27. The molecule has 0 spiro atoms. The van der Waals surface area contributed by atoms with Gasteiger partial charge in [0, 0.05) is 0 Å². The molecule has 0 saturated heterocycles. The van der Waals surface area contributed by atoms with E-state index in [1.165, 1.54) is 11.1 Å². The number of hydrogen-bond acceptors (Lipinski definition) is 4. The second kappa shape index (κ2) is 12.9. The lowest BCUT2D eigenvalue weighted by Gasteiger charge is -2.18. The van der Waals surface area contributed by atoms with E-state index in [1.54, 1.807) is 24.3 Å². The molecule has 0 unspecified atom stereocenters. The molecule has 0 bridgehead atoms. The van der Waals surface area contributed by atoms with Crippen LogP contribution in [0.5, 0.6) is 11.5 Å². The van der Waals surface area contributed by atoms with Gasteiger partial charge in [-0.3, -0.25) is 0 Å². The standard InChI is InChI=1S/C38H38O4/c1-37(2,3)31-19-11-27(12-20-31)7-9-29-15-23-33(24-16-29)41-35(39)36(40)42-34-25-17-30(18-26-34)10-8-28-13-21-32(22-14-28)38(4,5)6/h7-26H,1-6H3/b9-7+,10-8+. The Kier molecular flexibility index (Phi) is 9.27. The van der Waals surface area contributed by atoms with Gasteiger partial charge in [0.05, 0.1) is 0 Å². The van der Waals surface area contributed by atoms with Crippen molar-refractivity contribution in [3.05, 3.63) is 130 Å². The summed E-state index contributed by atoms with van der Waals surface area (Å²) in [5.74, 6) is -1.64. The molecular weight excluding hydrogens is 520 g/mol. The summed E-state index contributed by atoms with van der Waals surface area (Å²) in [5.41, 5.74) is 6.86. The van der Waals surface area contributed by atoms with Crippen LogP contribution in [0.1, 0.15) is 74.9 Å². The van der Waals surface area contributed by atoms with Crippen molar-refractivity contribution in [1.29, 1.82) is 0 Å². The van der Waals surface area contributed by atoms with E-state index in [9.17, 15) is 9.59 Å². The number of rotatable bonds is 6. The second-order valence-electron chi connectivity index (χ2n) is 12.3. The molecule has 4 heteroatoms. The largest absolute Gasteiger partial charge is 0.423 e. The SMILES string of the molecule is CC(C)(C)c1ccc(/C=C/c2ccc(OC(=O)C(=O)Oc3ccc(/C=C/c4ccc(C(C)(C)C)cc4)cc3)cc2)cc1. The van der Waals surface area contributed by atoms with Gasteiger partial charge in [-0.2, -0.15) is 0 Å². The lowest BCUT2D eigenvalue weighted by atomic mass is 9.87. The van der Waals surface area contributed by atoms with Crippen LogP contribution >= 0.6 is 0 Å². The third-order valence-electron chi connectivity index (χ3n) is 6.84. The maximum absolute atomic E-state index is 12.3. The van der Waals surface area contributed by atoms with Gasteiger partial charge in [-0.15, -0.1) is 0 Å². The van der Waals surface area contributed by atoms with Crippen LogP contribution in [0.25, 0.3) is 24.3 Å². The molecule has 0 heterocycles. The minimum absolute atomic E-state index is 0.115. The van der Waals surface area contributed by atoms with Crippen LogP contribution in [0.2, 0.25) is 0 Å². The fourth-order valence-corrected chi connectivity index (χ4v) is 4.16. The topological polar surface area (TPSA) is 52.6 Å². The zero-order valence-corrected chi connectivity index (χ0v) is 25.2.